The SMILES string of the molecule is CCCC(=O)COc1cc(Cl)c(Cc2ccc(O)c(C(C)C)c2)c(Cl)c1. The molecule has 0 aliphatic heterocycles. The van der Waals surface area contributed by atoms with Gasteiger partial charge in [-0.25, -0.2) is 0 Å². The molecule has 5 heteroatoms. The molecule has 0 saturated carbocycles. The van der Waals surface area contributed by atoms with E-state index in [2.05, 4.69) is 0 Å². The molecule has 140 valence electrons. The van der Waals surface area contributed by atoms with Crippen LogP contribution in [0.4, 0.5) is 0 Å². The van der Waals surface area contributed by atoms with Gasteiger partial charge in [-0.2, -0.15) is 0 Å². The lowest BCUT2D eigenvalue weighted by molar-refractivity contribution is -0.121. The van der Waals surface area contributed by atoms with E-state index in [1.165, 1.54) is 0 Å². The molecule has 0 atom stereocenters. The summed E-state index contributed by atoms with van der Waals surface area (Å²) in [4.78, 5) is 11.6. The number of hydrogen-bond donors (Lipinski definition) is 1. The molecule has 0 spiro atoms. The lowest BCUT2D eigenvalue weighted by atomic mass is 9.96. The van der Waals surface area contributed by atoms with Crippen molar-refractivity contribution in [3.8, 4) is 11.5 Å². The number of phenolic OH excluding ortho intramolecular Hbond substituents is 1. The predicted octanol–water partition coefficient (Wildman–Crippen LogP) is 6.16. The number of aromatic hydroxyl groups is 1. The topological polar surface area (TPSA) is 46.5 Å². The van der Waals surface area contributed by atoms with Gasteiger partial charge in [0.15, 0.2) is 5.78 Å². The highest BCUT2D eigenvalue weighted by Gasteiger charge is 2.13. The van der Waals surface area contributed by atoms with Gasteiger partial charge >= 0.3 is 0 Å². The number of hydrogen-bond acceptors (Lipinski definition) is 3. The van der Waals surface area contributed by atoms with E-state index in [9.17, 15) is 9.90 Å². The average Bonchev–Trinajstić information content (AvgIpc) is 2.57. The van der Waals surface area contributed by atoms with Crippen LogP contribution >= 0.6 is 23.2 Å². The molecule has 0 aliphatic rings. The Morgan fingerprint density at radius 1 is 1.15 bits per heavy atom. The van der Waals surface area contributed by atoms with Gasteiger partial charge in [0.05, 0.1) is 0 Å². The summed E-state index contributed by atoms with van der Waals surface area (Å²) in [7, 11) is 0. The molecule has 0 radical (unpaired) electrons. The second kappa shape index (κ2) is 9.29. The van der Waals surface area contributed by atoms with Gasteiger partial charge in [-0.1, -0.05) is 56.1 Å². The highest BCUT2D eigenvalue weighted by atomic mass is 35.5. The van der Waals surface area contributed by atoms with Crippen LogP contribution in [0.15, 0.2) is 30.3 Å². The van der Waals surface area contributed by atoms with Crippen molar-refractivity contribution in [2.75, 3.05) is 6.61 Å². The number of ketones is 1. The van der Waals surface area contributed by atoms with E-state index >= 15 is 0 Å². The van der Waals surface area contributed by atoms with Crippen LogP contribution < -0.4 is 4.74 Å². The summed E-state index contributed by atoms with van der Waals surface area (Å²) in [5, 5.41) is 11.0. The largest absolute Gasteiger partial charge is 0.508 e. The maximum absolute atomic E-state index is 11.6. The van der Waals surface area contributed by atoms with E-state index in [1.807, 2.05) is 32.9 Å². The van der Waals surface area contributed by atoms with Crippen LogP contribution in [-0.4, -0.2) is 17.5 Å². The van der Waals surface area contributed by atoms with E-state index in [-0.39, 0.29) is 18.3 Å². The predicted molar refractivity (Wildman–Crippen MR) is 107 cm³/mol. The zero-order chi connectivity index (χ0) is 19.3. The average molecular weight is 395 g/mol. The van der Waals surface area contributed by atoms with Gasteiger partial charge in [0.1, 0.15) is 18.1 Å². The Morgan fingerprint density at radius 3 is 2.38 bits per heavy atom. The second-order valence-corrected chi connectivity index (χ2v) is 7.48. The maximum atomic E-state index is 11.6. The summed E-state index contributed by atoms with van der Waals surface area (Å²) in [5.41, 5.74) is 2.70. The summed E-state index contributed by atoms with van der Waals surface area (Å²) in [6.07, 6.45) is 1.85. The Balaban J connectivity index is 2.18. The van der Waals surface area contributed by atoms with Gasteiger partial charge in [-0.05, 0) is 47.2 Å². The van der Waals surface area contributed by atoms with Crippen LogP contribution in [0.3, 0.4) is 0 Å². The van der Waals surface area contributed by atoms with E-state index in [1.54, 1.807) is 18.2 Å². The number of ether oxygens (including phenoxy) is 1. The first-order valence-corrected chi connectivity index (χ1v) is 9.51. The molecule has 0 heterocycles. The van der Waals surface area contributed by atoms with Crippen LogP contribution in [0.5, 0.6) is 11.5 Å². The van der Waals surface area contributed by atoms with Gasteiger partial charge in [0, 0.05) is 22.9 Å². The van der Waals surface area contributed by atoms with Crippen molar-refractivity contribution in [1.29, 1.82) is 0 Å². The van der Waals surface area contributed by atoms with E-state index in [4.69, 9.17) is 27.9 Å². The highest BCUT2D eigenvalue weighted by molar-refractivity contribution is 6.36. The number of carbonyl (C=O) groups excluding carboxylic acids is 1. The van der Waals surface area contributed by atoms with E-state index in [0.29, 0.717) is 34.4 Å². The zero-order valence-corrected chi connectivity index (χ0v) is 16.8. The Labute approximate surface area is 164 Å². The monoisotopic (exact) mass is 394 g/mol. The molecule has 2 aromatic rings. The summed E-state index contributed by atoms with van der Waals surface area (Å²) < 4.78 is 5.50. The third-order valence-corrected chi connectivity index (χ3v) is 4.81. The zero-order valence-electron chi connectivity index (χ0n) is 15.3. The number of phenols is 1. The molecule has 3 nitrogen and oxygen atoms in total. The van der Waals surface area contributed by atoms with E-state index < -0.39 is 0 Å². The van der Waals surface area contributed by atoms with Gasteiger partial charge in [-0.3, -0.25) is 4.79 Å². The van der Waals surface area contributed by atoms with Crippen molar-refractivity contribution in [2.24, 2.45) is 0 Å². The third-order valence-electron chi connectivity index (χ3n) is 4.14. The second-order valence-electron chi connectivity index (χ2n) is 6.67. The van der Waals surface area contributed by atoms with Gasteiger partial charge in [-0.15, -0.1) is 0 Å². The molecule has 0 unspecified atom stereocenters. The Hall–Kier alpha value is -1.71. The fraction of sp³-hybridized carbons (Fsp3) is 0.381. The summed E-state index contributed by atoms with van der Waals surface area (Å²) in [6, 6.07) is 8.91. The molecule has 0 bridgehead atoms. The Bertz CT molecular complexity index is 762. The number of halogens is 2. The van der Waals surface area contributed by atoms with Crippen molar-refractivity contribution in [3.05, 3.63) is 57.1 Å². The number of carbonyl (C=O) groups is 1. The fourth-order valence-corrected chi connectivity index (χ4v) is 3.33. The van der Waals surface area contributed by atoms with Crippen molar-refractivity contribution in [3.63, 3.8) is 0 Å². The number of benzene rings is 2. The van der Waals surface area contributed by atoms with Crippen molar-refractivity contribution in [1.82, 2.24) is 0 Å². The van der Waals surface area contributed by atoms with Crippen molar-refractivity contribution in [2.45, 2.75) is 46.0 Å². The number of rotatable bonds is 8. The molecule has 26 heavy (non-hydrogen) atoms. The van der Waals surface area contributed by atoms with E-state index in [0.717, 1.165) is 23.1 Å². The number of Topliss-reactive ketones (excluding diaryl/α,β-unsaturated/α-hetero) is 1. The smallest absolute Gasteiger partial charge is 0.170 e. The van der Waals surface area contributed by atoms with Crippen molar-refractivity contribution < 1.29 is 14.6 Å². The molecule has 0 aliphatic carbocycles. The first kappa shape index (κ1) is 20.6. The molecule has 0 aromatic heterocycles. The van der Waals surface area contributed by atoms with Gasteiger partial charge in [0.2, 0.25) is 0 Å². The minimum Gasteiger partial charge on any atom is -0.508 e. The fourth-order valence-electron chi connectivity index (χ4n) is 2.73. The summed E-state index contributed by atoms with van der Waals surface area (Å²) >= 11 is 12.8. The molecule has 0 fully saturated rings. The maximum Gasteiger partial charge on any atom is 0.170 e. The molecule has 2 rings (SSSR count). The molecule has 2 aromatic carbocycles. The third kappa shape index (κ3) is 5.39. The molecule has 0 saturated heterocycles. The first-order chi connectivity index (χ1) is 12.3. The minimum absolute atomic E-state index is 0.0234. The molecule has 0 amide bonds. The van der Waals surface area contributed by atoms with Crippen LogP contribution in [0.1, 0.15) is 56.2 Å². The van der Waals surface area contributed by atoms with Crippen LogP contribution in [0.25, 0.3) is 0 Å². The normalized spacial score (nSPS) is 11.0. The Kier molecular flexibility index (Phi) is 7.36. The summed E-state index contributed by atoms with van der Waals surface area (Å²) in [6.45, 7) is 6.04. The Morgan fingerprint density at radius 2 is 1.81 bits per heavy atom. The molecular weight excluding hydrogens is 371 g/mol. The van der Waals surface area contributed by atoms with Gasteiger partial charge < -0.3 is 9.84 Å². The van der Waals surface area contributed by atoms with Crippen molar-refractivity contribution >= 4 is 29.0 Å². The molecular formula is C21H24Cl2O3. The molecule has 1 N–H and O–H groups in total. The lowest BCUT2D eigenvalue weighted by Crippen LogP contribution is -2.10. The first-order valence-electron chi connectivity index (χ1n) is 8.76. The minimum atomic E-state index is 0.0234. The van der Waals surface area contributed by atoms with Gasteiger partial charge in [0.25, 0.3) is 0 Å². The quantitative estimate of drug-likeness (QED) is 0.582. The summed E-state index contributed by atoms with van der Waals surface area (Å²) in [5.74, 6) is 1.05. The van der Waals surface area contributed by atoms with Crippen LogP contribution in [-0.2, 0) is 11.2 Å². The highest BCUT2D eigenvalue weighted by Crippen LogP contribution is 2.34. The standard InChI is InChI=1S/C21H24Cl2O3/c1-4-5-15(24)12-26-16-10-19(22)18(20(23)11-16)9-14-6-7-21(25)17(8-14)13(2)3/h6-8,10-11,13,25H,4-5,9,12H2,1-3H3. The van der Waals surface area contributed by atoms with Crippen LogP contribution in [0, 0.1) is 0 Å². The lowest BCUT2D eigenvalue weighted by Gasteiger charge is -2.13. The van der Waals surface area contributed by atoms with Crippen LogP contribution in [0.2, 0.25) is 10.0 Å².